The average molecular weight is 270 g/mol. The molecule has 0 saturated carbocycles. The van der Waals surface area contributed by atoms with Crippen LogP contribution in [0.5, 0.6) is 0 Å². The van der Waals surface area contributed by atoms with E-state index >= 15 is 0 Å². The Morgan fingerprint density at radius 1 is 1.42 bits per heavy atom. The van der Waals surface area contributed by atoms with Crippen molar-refractivity contribution >= 4 is 5.78 Å². The Bertz CT molecular complexity index is 611. The molecule has 1 heterocycles. The lowest BCUT2D eigenvalue weighted by Gasteiger charge is -1.99. The zero-order valence-electron chi connectivity index (χ0n) is 9.86. The highest BCUT2D eigenvalue weighted by Crippen LogP contribution is 2.21. The summed E-state index contributed by atoms with van der Waals surface area (Å²) in [6, 6.07) is 3.96. The molecule has 2 aromatic rings. The van der Waals surface area contributed by atoms with Crippen molar-refractivity contribution in [3.05, 3.63) is 35.5 Å². The maximum absolute atomic E-state index is 12.9. The van der Waals surface area contributed by atoms with Crippen molar-refractivity contribution in [2.75, 3.05) is 0 Å². The lowest BCUT2D eigenvalue weighted by atomic mass is 10.1. The molecule has 7 heteroatoms. The highest BCUT2D eigenvalue weighted by Gasteiger charge is 2.20. The number of benzene rings is 1. The van der Waals surface area contributed by atoms with Crippen LogP contribution in [0.4, 0.5) is 13.2 Å². The van der Waals surface area contributed by atoms with Crippen molar-refractivity contribution in [3.8, 4) is 11.4 Å². The first-order valence-corrected chi connectivity index (χ1v) is 5.37. The van der Waals surface area contributed by atoms with Gasteiger partial charge < -0.3 is 4.52 Å². The molecule has 0 unspecified atom stereocenters. The quantitative estimate of drug-likeness (QED) is 0.856. The number of nitrogens with zero attached hydrogens (tertiary/aromatic N) is 2. The number of carbonyl (C=O) groups is 1. The fraction of sp³-hybridized carbons (Fsp3) is 0.250. The third kappa shape index (κ3) is 2.98. The smallest absolute Gasteiger partial charge is 0.296 e. The maximum Gasteiger partial charge on any atom is 0.296 e. The van der Waals surface area contributed by atoms with Gasteiger partial charge in [0.25, 0.3) is 6.43 Å². The largest absolute Gasteiger partial charge is 0.338 e. The number of Topliss-reactive ketones (excluding diaryl/α,β-unsaturated/α-hetero) is 1. The van der Waals surface area contributed by atoms with Gasteiger partial charge in [-0.1, -0.05) is 5.16 Å². The summed E-state index contributed by atoms with van der Waals surface area (Å²) in [7, 11) is 0. The standard InChI is InChI=1S/C12H9F3N2O2/c1-6-4-7(13)2-3-8(6)12-16-10(19-17-12)5-9(18)11(14)15/h2-4,11H,5H2,1H3. The van der Waals surface area contributed by atoms with E-state index in [1.54, 1.807) is 6.92 Å². The van der Waals surface area contributed by atoms with Gasteiger partial charge in [0.05, 0.1) is 6.42 Å². The number of hydrogen-bond acceptors (Lipinski definition) is 4. The molecule has 0 N–H and O–H groups in total. The molecule has 0 bridgehead atoms. The molecular formula is C12H9F3N2O2. The summed E-state index contributed by atoms with van der Waals surface area (Å²) >= 11 is 0. The Morgan fingerprint density at radius 2 is 2.16 bits per heavy atom. The van der Waals surface area contributed by atoms with Crippen LogP contribution in [0.1, 0.15) is 11.5 Å². The molecule has 0 aliphatic rings. The lowest BCUT2D eigenvalue weighted by molar-refractivity contribution is -0.129. The van der Waals surface area contributed by atoms with Crippen LogP contribution >= 0.6 is 0 Å². The topological polar surface area (TPSA) is 56.0 Å². The molecule has 0 saturated heterocycles. The van der Waals surface area contributed by atoms with Crippen LogP contribution in [0.3, 0.4) is 0 Å². The van der Waals surface area contributed by atoms with Crippen molar-refractivity contribution in [1.29, 1.82) is 0 Å². The second kappa shape index (κ2) is 5.21. The molecule has 0 spiro atoms. The van der Waals surface area contributed by atoms with Crippen molar-refractivity contribution in [2.24, 2.45) is 0 Å². The number of alkyl halides is 2. The van der Waals surface area contributed by atoms with Crippen LogP contribution in [0.25, 0.3) is 11.4 Å². The van der Waals surface area contributed by atoms with Crippen molar-refractivity contribution in [1.82, 2.24) is 10.1 Å². The minimum atomic E-state index is -3.07. The third-order valence-electron chi connectivity index (χ3n) is 2.47. The Labute approximate surface area is 106 Å². The van der Waals surface area contributed by atoms with E-state index < -0.39 is 24.4 Å². The van der Waals surface area contributed by atoms with Crippen molar-refractivity contribution < 1.29 is 22.5 Å². The predicted octanol–water partition coefficient (Wildman–Crippen LogP) is 2.56. The zero-order chi connectivity index (χ0) is 14.0. The molecular weight excluding hydrogens is 261 g/mol. The third-order valence-corrected chi connectivity index (χ3v) is 2.47. The van der Waals surface area contributed by atoms with Crippen LogP contribution in [0, 0.1) is 12.7 Å². The number of ketones is 1. The summed E-state index contributed by atoms with van der Waals surface area (Å²) in [6.07, 6.45) is -3.69. The molecule has 2 rings (SSSR count). The molecule has 0 aliphatic heterocycles. The van der Waals surface area contributed by atoms with Gasteiger partial charge >= 0.3 is 0 Å². The van der Waals surface area contributed by atoms with Gasteiger partial charge in [-0.25, -0.2) is 13.2 Å². The highest BCUT2D eigenvalue weighted by atomic mass is 19.3. The Kier molecular flexibility index (Phi) is 3.64. The molecule has 0 aliphatic carbocycles. The first-order valence-electron chi connectivity index (χ1n) is 5.37. The molecule has 4 nitrogen and oxygen atoms in total. The Morgan fingerprint density at radius 3 is 2.79 bits per heavy atom. The van der Waals surface area contributed by atoms with Gasteiger partial charge in [-0.2, -0.15) is 4.98 Å². The van der Waals surface area contributed by atoms with Crippen molar-refractivity contribution in [3.63, 3.8) is 0 Å². The molecule has 100 valence electrons. The molecule has 0 amide bonds. The minimum Gasteiger partial charge on any atom is -0.338 e. The highest BCUT2D eigenvalue weighted by molar-refractivity contribution is 5.83. The van der Waals surface area contributed by atoms with E-state index in [1.165, 1.54) is 18.2 Å². The first-order chi connectivity index (χ1) is 8.97. The molecule has 1 aromatic carbocycles. The van der Waals surface area contributed by atoms with Gasteiger partial charge in [0.1, 0.15) is 5.82 Å². The summed E-state index contributed by atoms with van der Waals surface area (Å²) in [5.41, 5.74) is 1.09. The van der Waals surface area contributed by atoms with E-state index in [1.807, 2.05) is 0 Å². The van der Waals surface area contributed by atoms with E-state index in [2.05, 4.69) is 10.1 Å². The van der Waals surface area contributed by atoms with E-state index in [0.717, 1.165) is 0 Å². The first kappa shape index (κ1) is 13.3. The normalized spacial score (nSPS) is 11.0. The summed E-state index contributed by atoms with van der Waals surface area (Å²) in [5, 5.41) is 3.58. The molecule has 19 heavy (non-hydrogen) atoms. The monoisotopic (exact) mass is 270 g/mol. The predicted molar refractivity (Wildman–Crippen MR) is 59.1 cm³/mol. The summed E-state index contributed by atoms with van der Waals surface area (Å²) in [6.45, 7) is 1.65. The van der Waals surface area contributed by atoms with Crippen LogP contribution < -0.4 is 0 Å². The van der Waals surface area contributed by atoms with Gasteiger partial charge in [-0.05, 0) is 30.7 Å². The number of rotatable bonds is 4. The van der Waals surface area contributed by atoms with E-state index in [0.29, 0.717) is 11.1 Å². The SMILES string of the molecule is Cc1cc(F)ccc1-c1noc(CC(=O)C(F)F)n1. The van der Waals surface area contributed by atoms with Gasteiger partial charge in [-0.3, -0.25) is 4.79 Å². The number of halogens is 3. The number of carbonyl (C=O) groups excluding carboxylic acids is 1. The van der Waals surface area contributed by atoms with Crippen molar-refractivity contribution in [2.45, 2.75) is 19.8 Å². The van der Waals surface area contributed by atoms with Gasteiger partial charge in [0.15, 0.2) is 0 Å². The fourth-order valence-corrected chi connectivity index (χ4v) is 1.54. The number of hydrogen-bond donors (Lipinski definition) is 0. The van der Waals surface area contributed by atoms with E-state index in [-0.39, 0.29) is 11.7 Å². The molecule has 1 aromatic heterocycles. The van der Waals surface area contributed by atoms with Crippen LogP contribution in [0.15, 0.2) is 22.7 Å². The lowest BCUT2D eigenvalue weighted by Crippen LogP contribution is -2.12. The average Bonchev–Trinajstić information content (AvgIpc) is 2.77. The van der Waals surface area contributed by atoms with Crippen LogP contribution in [-0.2, 0) is 11.2 Å². The van der Waals surface area contributed by atoms with Crippen LogP contribution in [0.2, 0.25) is 0 Å². The van der Waals surface area contributed by atoms with Gasteiger partial charge in [0.2, 0.25) is 17.5 Å². The Balaban J connectivity index is 2.23. The maximum atomic E-state index is 12.9. The summed E-state index contributed by atoms with van der Waals surface area (Å²) in [5.74, 6) is -1.75. The number of aromatic nitrogens is 2. The summed E-state index contributed by atoms with van der Waals surface area (Å²) in [4.78, 5) is 14.7. The fourth-order valence-electron chi connectivity index (χ4n) is 1.54. The number of aryl methyl sites for hydroxylation is 1. The van der Waals surface area contributed by atoms with Gasteiger partial charge in [0, 0.05) is 5.56 Å². The second-order valence-corrected chi connectivity index (χ2v) is 3.91. The van der Waals surface area contributed by atoms with Gasteiger partial charge in [-0.15, -0.1) is 0 Å². The molecule has 0 fully saturated rings. The van der Waals surface area contributed by atoms with E-state index in [9.17, 15) is 18.0 Å². The van der Waals surface area contributed by atoms with E-state index in [4.69, 9.17) is 4.52 Å². The van der Waals surface area contributed by atoms with Crippen LogP contribution in [-0.4, -0.2) is 22.3 Å². The molecule has 0 radical (unpaired) electrons. The molecule has 0 atom stereocenters. The summed E-state index contributed by atoms with van der Waals surface area (Å²) < 4.78 is 41.8. The zero-order valence-corrected chi connectivity index (χ0v) is 9.86. The minimum absolute atomic E-state index is 0.134. The Hall–Kier alpha value is -2.18. The second-order valence-electron chi connectivity index (χ2n) is 3.91.